The third-order valence-corrected chi connectivity index (χ3v) is 4.85. The van der Waals surface area contributed by atoms with E-state index in [1.165, 1.54) is 4.88 Å². The molecule has 18 heavy (non-hydrogen) atoms. The summed E-state index contributed by atoms with van der Waals surface area (Å²) in [6, 6.07) is 4.03. The topological polar surface area (TPSA) is 46.3 Å². The predicted octanol–water partition coefficient (Wildman–Crippen LogP) is 2.41. The van der Waals surface area contributed by atoms with Gasteiger partial charge in [-0.1, -0.05) is 25.2 Å². The Morgan fingerprint density at radius 3 is 2.78 bits per heavy atom. The Kier molecular flexibility index (Phi) is 3.73. The van der Waals surface area contributed by atoms with E-state index >= 15 is 0 Å². The number of rotatable bonds is 4. The van der Waals surface area contributed by atoms with Crippen LogP contribution >= 0.6 is 23.6 Å². The fourth-order valence-corrected chi connectivity index (χ4v) is 3.70. The number of carbonyl (C=O) groups excluding carboxylic acids is 1. The number of hydrogen-bond donors (Lipinski definition) is 1. The fourth-order valence-electron chi connectivity index (χ4n) is 2.68. The van der Waals surface area contributed by atoms with Crippen LogP contribution in [0.15, 0.2) is 17.5 Å². The van der Waals surface area contributed by atoms with E-state index < -0.39 is 5.41 Å². The summed E-state index contributed by atoms with van der Waals surface area (Å²) in [7, 11) is 1.82. The minimum Gasteiger partial charge on any atom is -0.392 e. The molecule has 2 N–H and O–H groups in total. The molecule has 1 aromatic rings. The first-order chi connectivity index (χ1) is 8.45. The number of nitrogens with two attached hydrogens (primary N) is 1. The summed E-state index contributed by atoms with van der Waals surface area (Å²) < 4.78 is 0. The summed E-state index contributed by atoms with van der Waals surface area (Å²) in [5.41, 5.74) is 5.21. The van der Waals surface area contributed by atoms with Crippen molar-refractivity contribution >= 4 is 34.5 Å². The van der Waals surface area contributed by atoms with Crippen LogP contribution in [0.3, 0.4) is 0 Å². The zero-order chi connectivity index (χ0) is 13.3. The van der Waals surface area contributed by atoms with Crippen LogP contribution < -0.4 is 5.73 Å². The van der Waals surface area contributed by atoms with Crippen molar-refractivity contribution in [1.29, 1.82) is 0 Å². The summed E-state index contributed by atoms with van der Waals surface area (Å²) >= 11 is 6.77. The van der Waals surface area contributed by atoms with E-state index in [0.29, 0.717) is 17.5 Å². The van der Waals surface area contributed by atoms with E-state index in [4.69, 9.17) is 18.0 Å². The molecule has 0 aliphatic heterocycles. The Bertz CT molecular complexity index is 450. The maximum atomic E-state index is 12.5. The molecular formula is C13H18N2OS2. The molecule has 5 heteroatoms. The SMILES string of the molecule is CC1CC(C(=O)N(C)Cc2cccs2)(C(N)=S)C1. The van der Waals surface area contributed by atoms with Gasteiger partial charge in [-0.25, -0.2) is 0 Å². The monoisotopic (exact) mass is 282 g/mol. The van der Waals surface area contributed by atoms with Crippen molar-refractivity contribution in [2.24, 2.45) is 17.1 Å². The van der Waals surface area contributed by atoms with Crippen LogP contribution in [-0.2, 0) is 11.3 Å². The predicted molar refractivity (Wildman–Crippen MR) is 78.4 cm³/mol. The normalized spacial score (nSPS) is 26.4. The summed E-state index contributed by atoms with van der Waals surface area (Å²) in [6.45, 7) is 2.76. The minimum atomic E-state index is -0.583. The molecular weight excluding hydrogens is 264 g/mol. The first kappa shape index (κ1) is 13.5. The van der Waals surface area contributed by atoms with Crippen molar-refractivity contribution in [2.45, 2.75) is 26.3 Å². The lowest BCUT2D eigenvalue weighted by Crippen LogP contribution is -2.56. The van der Waals surface area contributed by atoms with Gasteiger partial charge in [-0.3, -0.25) is 4.79 Å². The van der Waals surface area contributed by atoms with Crippen molar-refractivity contribution in [1.82, 2.24) is 4.90 Å². The van der Waals surface area contributed by atoms with Gasteiger partial charge in [0.2, 0.25) is 5.91 Å². The van der Waals surface area contributed by atoms with Crippen LogP contribution in [0.5, 0.6) is 0 Å². The average molecular weight is 282 g/mol. The molecule has 0 spiro atoms. The molecule has 1 aromatic heterocycles. The van der Waals surface area contributed by atoms with Crippen LogP contribution in [-0.4, -0.2) is 22.8 Å². The second kappa shape index (κ2) is 4.97. The number of carbonyl (C=O) groups is 1. The maximum absolute atomic E-state index is 12.5. The number of amides is 1. The van der Waals surface area contributed by atoms with Crippen molar-refractivity contribution in [2.75, 3.05) is 7.05 Å². The van der Waals surface area contributed by atoms with E-state index in [0.717, 1.165) is 12.8 Å². The van der Waals surface area contributed by atoms with Crippen molar-refractivity contribution < 1.29 is 4.79 Å². The highest BCUT2D eigenvalue weighted by Crippen LogP contribution is 2.47. The zero-order valence-electron chi connectivity index (χ0n) is 10.7. The van der Waals surface area contributed by atoms with Gasteiger partial charge >= 0.3 is 0 Å². The van der Waals surface area contributed by atoms with Gasteiger partial charge in [0.05, 0.1) is 16.9 Å². The van der Waals surface area contributed by atoms with Gasteiger partial charge in [0.1, 0.15) is 0 Å². The van der Waals surface area contributed by atoms with E-state index in [2.05, 4.69) is 6.92 Å². The Morgan fingerprint density at radius 1 is 1.67 bits per heavy atom. The molecule has 0 radical (unpaired) electrons. The largest absolute Gasteiger partial charge is 0.392 e. The Balaban J connectivity index is 2.08. The second-order valence-corrected chi connectivity index (χ2v) is 6.67. The highest BCUT2D eigenvalue weighted by atomic mass is 32.1. The van der Waals surface area contributed by atoms with Crippen LogP contribution in [0.4, 0.5) is 0 Å². The molecule has 1 fully saturated rings. The van der Waals surface area contributed by atoms with Gasteiger partial charge in [0, 0.05) is 11.9 Å². The van der Waals surface area contributed by atoms with Gasteiger partial charge in [-0.15, -0.1) is 11.3 Å². The molecule has 0 aromatic carbocycles. The highest BCUT2D eigenvalue weighted by Gasteiger charge is 2.51. The number of hydrogen-bond acceptors (Lipinski definition) is 3. The molecule has 1 aliphatic carbocycles. The molecule has 0 unspecified atom stereocenters. The molecule has 0 saturated heterocycles. The molecule has 2 rings (SSSR count). The lowest BCUT2D eigenvalue weighted by atomic mass is 9.61. The van der Waals surface area contributed by atoms with Crippen molar-refractivity contribution in [3.63, 3.8) is 0 Å². The standard InChI is InChI=1S/C13H18N2OS2/c1-9-6-13(7-9,11(14)17)12(16)15(2)8-10-4-3-5-18-10/h3-5,9H,6-8H2,1-2H3,(H2,14,17). The Labute approximate surface area is 117 Å². The number of thiocarbonyl (C=S) groups is 1. The summed E-state index contributed by atoms with van der Waals surface area (Å²) in [5.74, 6) is 0.604. The molecule has 1 amide bonds. The molecule has 1 aliphatic rings. The van der Waals surface area contributed by atoms with E-state index in [9.17, 15) is 4.79 Å². The lowest BCUT2D eigenvalue weighted by Gasteiger charge is -2.45. The van der Waals surface area contributed by atoms with Gasteiger partial charge in [-0.05, 0) is 30.2 Å². The van der Waals surface area contributed by atoms with E-state index in [1.54, 1.807) is 16.2 Å². The molecule has 3 nitrogen and oxygen atoms in total. The van der Waals surface area contributed by atoms with Gasteiger partial charge < -0.3 is 10.6 Å². The molecule has 1 heterocycles. The molecule has 0 bridgehead atoms. The average Bonchev–Trinajstić information content (AvgIpc) is 2.75. The quantitative estimate of drug-likeness (QED) is 0.863. The van der Waals surface area contributed by atoms with Gasteiger partial charge in [-0.2, -0.15) is 0 Å². The maximum Gasteiger partial charge on any atom is 0.235 e. The first-order valence-corrected chi connectivity index (χ1v) is 7.32. The Morgan fingerprint density at radius 2 is 2.33 bits per heavy atom. The van der Waals surface area contributed by atoms with Crippen molar-refractivity contribution in [3.8, 4) is 0 Å². The molecule has 98 valence electrons. The smallest absolute Gasteiger partial charge is 0.235 e. The molecule has 1 saturated carbocycles. The zero-order valence-corrected chi connectivity index (χ0v) is 12.3. The summed E-state index contributed by atoms with van der Waals surface area (Å²) in [6.07, 6.45) is 1.58. The van der Waals surface area contributed by atoms with Gasteiger partial charge in [0.25, 0.3) is 0 Å². The lowest BCUT2D eigenvalue weighted by molar-refractivity contribution is -0.143. The van der Waals surface area contributed by atoms with Gasteiger partial charge in [0.15, 0.2) is 0 Å². The minimum absolute atomic E-state index is 0.0708. The summed E-state index contributed by atoms with van der Waals surface area (Å²) in [4.78, 5) is 15.8. The second-order valence-electron chi connectivity index (χ2n) is 5.20. The van der Waals surface area contributed by atoms with Crippen molar-refractivity contribution in [3.05, 3.63) is 22.4 Å². The van der Waals surface area contributed by atoms with Crippen LogP contribution in [0, 0.1) is 11.3 Å². The van der Waals surface area contributed by atoms with Crippen LogP contribution in [0.1, 0.15) is 24.6 Å². The van der Waals surface area contributed by atoms with E-state index in [-0.39, 0.29) is 5.91 Å². The third kappa shape index (κ3) is 2.29. The van der Waals surface area contributed by atoms with E-state index in [1.807, 2.05) is 24.6 Å². The summed E-state index contributed by atoms with van der Waals surface area (Å²) in [5, 5.41) is 2.02. The number of nitrogens with zero attached hydrogens (tertiary/aromatic N) is 1. The number of thiophene rings is 1. The highest BCUT2D eigenvalue weighted by molar-refractivity contribution is 7.80. The van der Waals surface area contributed by atoms with Crippen LogP contribution in [0.2, 0.25) is 0 Å². The fraction of sp³-hybridized carbons (Fsp3) is 0.538. The Hall–Kier alpha value is -0.940. The first-order valence-electron chi connectivity index (χ1n) is 6.03. The third-order valence-electron chi connectivity index (χ3n) is 3.59. The molecule has 0 atom stereocenters. The van der Waals surface area contributed by atoms with Crippen LogP contribution in [0.25, 0.3) is 0 Å².